The summed E-state index contributed by atoms with van der Waals surface area (Å²) in [4.78, 5) is 4.39. The number of aryl methyl sites for hydroxylation is 2. The Bertz CT molecular complexity index is 1660. The van der Waals surface area contributed by atoms with E-state index in [0.717, 1.165) is 34.1 Å². The summed E-state index contributed by atoms with van der Waals surface area (Å²) in [6, 6.07) is 48.2. The van der Waals surface area contributed by atoms with Gasteiger partial charge in [-0.3, -0.25) is 0 Å². The van der Waals surface area contributed by atoms with Crippen LogP contribution in [-0.4, -0.2) is 10.2 Å². The minimum absolute atomic E-state index is 0.244. The maximum absolute atomic E-state index is 9.87. The lowest BCUT2D eigenvalue weighted by Crippen LogP contribution is -2.10. The monoisotopic (exact) mass is 548 g/mol. The molecule has 0 unspecified atom stereocenters. The number of benzene rings is 6. The van der Waals surface area contributed by atoms with Gasteiger partial charge in [0.15, 0.2) is 0 Å². The highest BCUT2D eigenvalue weighted by Gasteiger charge is 2.17. The van der Waals surface area contributed by atoms with Crippen LogP contribution in [0.5, 0.6) is 11.5 Å². The lowest BCUT2D eigenvalue weighted by atomic mass is 9.95. The fourth-order valence-corrected chi connectivity index (χ4v) is 5.43. The van der Waals surface area contributed by atoms with Gasteiger partial charge in [-0.25, -0.2) is 0 Å². The fourth-order valence-electron chi connectivity index (χ4n) is 5.43. The van der Waals surface area contributed by atoms with Crippen molar-refractivity contribution < 1.29 is 10.2 Å². The van der Waals surface area contributed by atoms with Crippen molar-refractivity contribution in [2.45, 2.75) is 13.8 Å². The average Bonchev–Trinajstić information content (AvgIpc) is 3.01. The Balaban J connectivity index is 1.38. The zero-order chi connectivity index (χ0) is 29.1. The minimum Gasteiger partial charge on any atom is -0.508 e. The first-order valence-electron chi connectivity index (χ1n) is 14.0. The summed E-state index contributed by atoms with van der Waals surface area (Å²) in [5.41, 5.74) is 10.8. The number of hydrogen-bond donors (Lipinski definition) is 2. The van der Waals surface area contributed by atoms with E-state index < -0.39 is 0 Å². The molecular formula is C38H32N2O2. The molecule has 0 heterocycles. The number of nitrogens with zero attached hydrogens (tertiary/aromatic N) is 2. The lowest BCUT2D eigenvalue weighted by molar-refractivity contribution is 0.475. The Hall–Kier alpha value is -5.48. The quantitative estimate of drug-likeness (QED) is 0.208. The highest BCUT2D eigenvalue weighted by molar-refractivity contribution is 5.83. The molecule has 6 aromatic carbocycles. The van der Waals surface area contributed by atoms with Gasteiger partial charge in [-0.1, -0.05) is 48.5 Å². The van der Waals surface area contributed by atoms with Crippen LogP contribution in [-0.2, 0) is 0 Å². The molecule has 0 radical (unpaired) electrons. The van der Waals surface area contributed by atoms with E-state index in [1.54, 1.807) is 24.3 Å². The van der Waals surface area contributed by atoms with Crippen LogP contribution in [0.4, 0.5) is 34.1 Å². The molecule has 42 heavy (non-hydrogen) atoms. The Morgan fingerprint density at radius 1 is 0.357 bits per heavy atom. The van der Waals surface area contributed by atoms with E-state index in [1.165, 1.54) is 22.3 Å². The van der Waals surface area contributed by atoms with Crippen molar-refractivity contribution >= 4 is 34.1 Å². The van der Waals surface area contributed by atoms with E-state index in [2.05, 4.69) is 84.3 Å². The molecule has 0 aliphatic carbocycles. The topological polar surface area (TPSA) is 46.9 Å². The molecule has 0 amide bonds. The first-order chi connectivity index (χ1) is 20.5. The van der Waals surface area contributed by atoms with E-state index in [4.69, 9.17) is 0 Å². The van der Waals surface area contributed by atoms with Gasteiger partial charge in [-0.2, -0.15) is 0 Å². The number of rotatable bonds is 7. The molecule has 0 aromatic heterocycles. The zero-order valence-electron chi connectivity index (χ0n) is 23.6. The van der Waals surface area contributed by atoms with Crippen LogP contribution in [0.25, 0.3) is 11.1 Å². The first kappa shape index (κ1) is 26.7. The van der Waals surface area contributed by atoms with Gasteiger partial charge in [0.05, 0.1) is 0 Å². The van der Waals surface area contributed by atoms with Crippen LogP contribution in [0.2, 0.25) is 0 Å². The fraction of sp³-hybridized carbons (Fsp3) is 0.0526. The Morgan fingerprint density at radius 3 is 1.00 bits per heavy atom. The van der Waals surface area contributed by atoms with Crippen molar-refractivity contribution in [1.29, 1.82) is 0 Å². The van der Waals surface area contributed by atoms with Gasteiger partial charge in [0.25, 0.3) is 0 Å². The number of phenolic OH excluding ortho intramolecular Hbond substituents is 2. The third-order valence-electron chi connectivity index (χ3n) is 7.47. The molecule has 0 bridgehead atoms. The van der Waals surface area contributed by atoms with Crippen LogP contribution in [0.15, 0.2) is 146 Å². The van der Waals surface area contributed by atoms with E-state index >= 15 is 0 Å². The maximum Gasteiger partial charge on any atom is 0.115 e. The SMILES string of the molecule is Cc1cc(N(c2ccccc2)c2ccc(O)cc2)ccc1-c1ccc(N(c2ccccc2)c2ccc(O)cc2)cc1C. The van der Waals surface area contributed by atoms with Crippen molar-refractivity contribution in [2.75, 3.05) is 9.80 Å². The normalized spacial score (nSPS) is 10.8. The summed E-state index contributed by atoms with van der Waals surface area (Å²) in [5.74, 6) is 0.488. The molecule has 0 saturated heterocycles. The van der Waals surface area contributed by atoms with Gasteiger partial charge in [0.1, 0.15) is 11.5 Å². The Labute approximate surface area is 247 Å². The summed E-state index contributed by atoms with van der Waals surface area (Å²) in [7, 11) is 0. The molecule has 2 N–H and O–H groups in total. The van der Waals surface area contributed by atoms with Gasteiger partial charge >= 0.3 is 0 Å². The van der Waals surface area contributed by atoms with Crippen molar-refractivity contribution in [3.8, 4) is 22.6 Å². The molecule has 0 saturated carbocycles. The standard InChI is InChI=1S/C38H32N2O2/c1-27-25-33(39(29-9-5-3-6-10-29)31-13-19-35(41)20-14-31)17-23-37(27)38-24-18-34(26-28(38)2)40(30-11-7-4-8-12-30)32-15-21-36(42)22-16-32/h3-26,41-42H,1-2H3. The first-order valence-corrected chi connectivity index (χ1v) is 14.0. The van der Waals surface area contributed by atoms with E-state index in [-0.39, 0.29) is 11.5 Å². The number of aromatic hydroxyl groups is 2. The van der Waals surface area contributed by atoms with Crippen molar-refractivity contribution in [3.63, 3.8) is 0 Å². The maximum atomic E-state index is 9.87. The molecular weight excluding hydrogens is 516 g/mol. The molecule has 0 aliphatic rings. The summed E-state index contributed by atoms with van der Waals surface area (Å²) in [6.07, 6.45) is 0. The van der Waals surface area contributed by atoms with E-state index in [1.807, 2.05) is 60.7 Å². The van der Waals surface area contributed by atoms with Gasteiger partial charge in [-0.15, -0.1) is 0 Å². The van der Waals surface area contributed by atoms with E-state index in [9.17, 15) is 10.2 Å². The Morgan fingerprint density at radius 2 is 0.667 bits per heavy atom. The molecule has 4 nitrogen and oxygen atoms in total. The molecule has 0 spiro atoms. The largest absolute Gasteiger partial charge is 0.508 e. The highest BCUT2D eigenvalue weighted by atomic mass is 16.3. The van der Waals surface area contributed by atoms with Crippen molar-refractivity contribution in [3.05, 3.63) is 157 Å². The van der Waals surface area contributed by atoms with Gasteiger partial charge in [0.2, 0.25) is 0 Å². The molecule has 0 aliphatic heterocycles. The number of anilines is 6. The molecule has 6 aromatic rings. The average molecular weight is 549 g/mol. The Kier molecular flexibility index (Phi) is 7.35. The second-order valence-electron chi connectivity index (χ2n) is 10.4. The molecule has 0 atom stereocenters. The summed E-state index contributed by atoms with van der Waals surface area (Å²) in [5, 5.41) is 19.7. The predicted molar refractivity (Wildman–Crippen MR) is 174 cm³/mol. The minimum atomic E-state index is 0.244. The number of para-hydroxylation sites is 2. The van der Waals surface area contributed by atoms with Crippen LogP contribution >= 0.6 is 0 Å². The van der Waals surface area contributed by atoms with Crippen LogP contribution < -0.4 is 9.80 Å². The van der Waals surface area contributed by atoms with Crippen LogP contribution in [0.3, 0.4) is 0 Å². The van der Waals surface area contributed by atoms with Crippen LogP contribution in [0.1, 0.15) is 11.1 Å². The summed E-state index contributed by atoms with van der Waals surface area (Å²) < 4.78 is 0. The lowest BCUT2D eigenvalue weighted by Gasteiger charge is -2.27. The second-order valence-corrected chi connectivity index (χ2v) is 10.4. The number of phenols is 2. The summed E-state index contributed by atoms with van der Waals surface area (Å²) in [6.45, 7) is 4.30. The predicted octanol–water partition coefficient (Wildman–Crippen LogP) is 10.3. The van der Waals surface area contributed by atoms with E-state index in [0.29, 0.717) is 0 Å². The number of hydrogen-bond acceptors (Lipinski definition) is 4. The summed E-state index contributed by atoms with van der Waals surface area (Å²) >= 11 is 0. The smallest absolute Gasteiger partial charge is 0.115 e. The third kappa shape index (κ3) is 5.43. The zero-order valence-corrected chi connectivity index (χ0v) is 23.6. The van der Waals surface area contributed by atoms with Crippen molar-refractivity contribution in [1.82, 2.24) is 0 Å². The molecule has 0 fully saturated rings. The van der Waals surface area contributed by atoms with Gasteiger partial charge in [0, 0.05) is 34.1 Å². The highest BCUT2D eigenvalue weighted by Crippen LogP contribution is 2.40. The van der Waals surface area contributed by atoms with Crippen molar-refractivity contribution in [2.24, 2.45) is 0 Å². The molecule has 6 rings (SSSR count). The third-order valence-corrected chi connectivity index (χ3v) is 7.47. The molecule has 206 valence electrons. The van der Waals surface area contributed by atoms with Gasteiger partial charge in [-0.05, 0) is 133 Å². The van der Waals surface area contributed by atoms with Gasteiger partial charge < -0.3 is 20.0 Å². The van der Waals surface area contributed by atoms with Crippen LogP contribution in [0, 0.1) is 13.8 Å². The second kappa shape index (κ2) is 11.6. The molecule has 4 heteroatoms.